The standard InChI is InChI=1S/C14H18N4O3S2/c1-17-7-6-12(16-17)15-14(19)11-4-8-18(9-5-11)23(20,21)13-3-2-10-22-13/h2-3,6-7,10-11H,4-5,8-9H2,1H3,(H,15,16,19). The molecule has 0 aromatic carbocycles. The Morgan fingerprint density at radius 2 is 2.09 bits per heavy atom. The van der Waals surface area contributed by atoms with E-state index in [2.05, 4.69) is 10.4 Å². The van der Waals surface area contributed by atoms with Gasteiger partial charge in [0.05, 0.1) is 0 Å². The first kappa shape index (κ1) is 16.2. The molecule has 0 spiro atoms. The largest absolute Gasteiger partial charge is 0.309 e. The van der Waals surface area contributed by atoms with Crippen molar-refractivity contribution in [2.75, 3.05) is 18.4 Å². The van der Waals surface area contributed by atoms with Crippen molar-refractivity contribution in [3.05, 3.63) is 29.8 Å². The number of hydrogen-bond acceptors (Lipinski definition) is 5. The average Bonchev–Trinajstić information content (AvgIpc) is 3.19. The molecule has 3 heterocycles. The highest BCUT2D eigenvalue weighted by Gasteiger charge is 2.32. The molecule has 23 heavy (non-hydrogen) atoms. The van der Waals surface area contributed by atoms with Crippen LogP contribution in [0.2, 0.25) is 0 Å². The Hall–Kier alpha value is -1.71. The van der Waals surface area contributed by atoms with Gasteiger partial charge in [0.1, 0.15) is 4.21 Å². The molecule has 0 atom stereocenters. The zero-order chi connectivity index (χ0) is 16.4. The van der Waals surface area contributed by atoms with E-state index in [4.69, 9.17) is 0 Å². The molecular weight excluding hydrogens is 336 g/mol. The third-order valence-corrected chi connectivity index (χ3v) is 7.15. The Balaban J connectivity index is 1.59. The van der Waals surface area contributed by atoms with Crippen LogP contribution in [0.25, 0.3) is 0 Å². The van der Waals surface area contributed by atoms with E-state index in [1.807, 2.05) is 0 Å². The predicted octanol–water partition coefficient (Wildman–Crippen LogP) is 1.52. The van der Waals surface area contributed by atoms with Gasteiger partial charge in [-0.2, -0.15) is 9.40 Å². The summed E-state index contributed by atoms with van der Waals surface area (Å²) >= 11 is 1.22. The van der Waals surface area contributed by atoms with Gasteiger partial charge in [-0.1, -0.05) is 6.07 Å². The summed E-state index contributed by atoms with van der Waals surface area (Å²) in [6.45, 7) is 0.723. The molecular formula is C14H18N4O3S2. The fraction of sp³-hybridized carbons (Fsp3) is 0.429. The van der Waals surface area contributed by atoms with Crippen molar-refractivity contribution in [2.45, 2.75) is 17.1 Å². The van der Waals surface area contributed by atoms with E-state index in [1.54, 1.807) is 41.5 Å². The number of sulfonamides is 1. The number of anilines is 1. The van der Waals surface area contributed by atoms with Gasteiger partial charge in [0.15, 0.2) is 5.82 Å². The van der Waals surface area contributed by atoms with E-state index in [-0.39, 0.29) is 11.8 Å². The minimum absolute atomic E-state index is 0.100. The predicted molar refractivity (Wildman–Crippen MR) is 87.6 cm³/mol. The molecule has 1 amide bonds. The van der Waals surface area contributed by atoms with Gasteiger partial charge >= 0.3 is 0 Å². The van der Waals surface area contributed by atoms with Crippen LogP contribution in [-0.2, 0) is 21.9 Å². The Bertz CT molecular complexity index is 775. The molecule has 1 aliphatic rings. The second kappa shape index (κ2) is 6.42. The van der Waals surface area contributed by atoms with E-state index < -0.39 is 10.0 Å². The summed E-state index contributed by atoms with van der Waals surface area (Å²) < 4.78 is 28.3. The highest BCUT2D eigenvalue weighted by Crippen LogP contribution is 2.26. The highest BCUT2D eigenvalue weighted by atomic mass is 32.2. The SMILES string of the molecule is Cn1ccc(NC(=O)C2CCN(S(=O)(=O)c3cccs3)CC2)n1. The highest BCUT2D eigenvalue weighted by molar-refractivity contribution is 7.91. The lowest BCUT2D eigenvalue weighted by Gasteiger charge is -2.29. The number of amides is 1. The van der Waals surface area contributed by atoms with Crippen molar-refractivity contribution >= 4 is 33.1 Å². The summed E-state index contributed by atoms with van der Waals surface area (Å²) in [5.74, 6) is 0.231. The summed E-state index contributed by atoms with van der Waals surface area (Å²) in [6.07, 6.45) is 2.79. The van der Waals surface area contributed by atoms with Gasteiger partial charge in [-0.15, -0.1) is 11.3 Å². The van der Waals surface area contributed by atoms with Crippen LogP contribution in [0.1, 0.15) is 12.8 Å². The second-order valence-electron chi connectivity index (χ2n) is 5.47. The van der Waals surface area contributed by atoms with E-state index in [9.17, 15) is 13.2 Å². The number of hydrogen-bond donors (Lipinski definition) is 1. The van der Waals surface area contributed by atoms with Crippen LogP contribution >= 0.6 is 11.3 Å². The maximum atomic E-state index is 12.4. The third-order valence-electron chi connectivity index (χ3n) is 3.88. The molecule has 1 saturated heterocycles. The molecule has 2 aromatic heterocycles. The fourth-order valence-electron chi connectivity index (χ4n) is 2.61. The van der Waals surface area contributed by atoms with E-state index in [0.717, 1.165) is 0 Å². The number of carbonyl (C=O) groups is 1. The van der Waals surface area contributed by atoms with Crippen LogP contribution in [-0.4, -0.2) is 41.5 Å². The van der Waals surface area contributed by atoms with Gasteiger partial charge in [-0.05, 0) is 24.3 Å². The van der Waals surface area contributed by atoms with Crippen LogP contribution in [0, 0.1) is 5.92 Å². The van der Waals surface area contributed by atoms with Crippen molar-refractivity contribution in [1.29, 1.82) is 0 Å². The van der Waals surface area contributed by atoms with Crippen LogP contribution in [0.15, 0.2) is 34.0 Å². The molecule has 0 bridgehead atoms. The van der Waals surface area contributed by atoms with Crippen LogP contribution in [0.3, 0.4) is 0 Å². The van der Waals surface area contributed by atoms with Crippen molar-refractivity contribution in [1.82, 2.24) is 14.1 Å². The van der Waals surface area contributed by atoms with E-state index in [1.165, 1.54) is 15.6 Å². The molecule has 1 N–H and O–H groups in total. The van der Waals surface area contributed by atoms with Gasteiger partial charge in [0.2, 0.25) is 5.91 Å². The first-order valence-electron chi connectivity index (χ1n) is 7.31. The molecule has 0 aliphatic carbocycles. The maximum absolute atomic E-state index is 12.4. The lowest BCUT2D eigenvalue weighted by Crippen LogP contribution is -2.41. The Kier molecular flexibility index (Phi) is 4.51. The lowest BCUT2D eigenvalue weighted by atomic mass is 9.97. The monoisotopic (exact) mass is 354 g/mol. The zero-order valence-corrected chi connectivity index (χ0v) is 14.3. The van der Waals surface area contributed by atoms with Crippen molar-refractivity contribution in [3.8, 4) is 0 Å². The summed E-state index contributed by atoms with van der Waals surface area (Å²) in [5, 5.41) is 8.64. The molecule has 0 unspecified atom stereocenters. The van der Waals surface area contributed by atoms with Crippen molar-refractivity contribution in [3.63, 3.8) is 0 Å². The number of carbonyl (C=O) groups excluding carboxylic acids is 1. The van der Waals surface area contributed by atoms with Crippen molar-refractivity contribution < 1.29 is 13.2 Å². The summed E-state index contributed by atoms with van der Waals surface area (Å²) in [5.41, 5.74) is 0. The molecule has 124 valence electrons. The molecule has 0 radical (unpaired) electrons. The third kappa shape index (κ3) is 3.46. The molecule has 1 aliphatic heterocycles. The average molecular weight is 354 g/mol. The molecule has 3 rings (SSSR count). The quantitative estimate of drug-likeness (QED) is 0.902. The Labute approximate surface area is 139 Å². The minimum Gasteiger partial charge on any atom is -0.309 e. The number of nitrogens with one attached hydrogen (secondary N) is 1. The van der Waals surface area contributed by atoms with Gasteiger partial charge in [0.25, 0.3) is 10.0 Å². The summed E-state index contributed by atoms with van der Waals surface area (Å²) in [4.78, 5) is 12.2. The van der Waals surface area contributed by atoms with Crippen molar-refractivity contribution in [2.24, 2.45) is 13.0 Å². The first-order chi connectivity index (χ1) is 11.0. The van der Waals surface area contributed by atoms with Gasteiger partial charge in [-0.3, -0.25) is 9.48 Å². The Morgan fingerprint density at radius 3 is 2.65 bits per heavy atom. The second-order valence-corrected chi connectivity index (χ2v) is 8.59. The molecule has 7 nitrogen and oxygen atoms in total. The first-order valence-corrected chi connectivity index (χ1v) is 9.63. The fourth-order valence-corrected chi connectivity index (χ4v) is 5.22. The van der Waals surface area contributed by atoms with Crippen LogP contribution in [0.5, 0.6) is 0 Å². The maximum Gasteiger partial charge on any atom is 0.252 e. The molecule has 0 saturated carbocycles. The Morgan fingerprint density at radius 1 is 1.35 bits per heavy atom. The number of rotatable bonds is 4. The molecule has 9 heteroatoms. The van der Waals surface area contributed by atoms with Crippen LogP contribution < -0.4 is 5.32 Å². The number of aromatic nitrogens is 2. The van der Waals surface area contributed by atoms with E-state index >= 15 is 0 Å². The van der Waals surface area contributed by atoms with Crippen LogP contribution in [0.4, 0.5) is 5.82 Å². The summed E-state index contributed by atoms with van der Waals surface area (Å²) in [7, 11) is -1.64. The molecule has 2 aromatic rings. The molecule has 1 fully saturated rings. The number of piperidine rings is 1. The smallest absolute Gasteiger partial charge is 0.252 e. The van der Waals surface area contributed by atoms with Gasteiger partial charge < -0.3 is 5.32 Å². The minimum atomic E-state index is -3.42. The van der Waals surface area contributed by atoms with E-state index in [0.29, 0.717) is 36.0 Å². The van der Waals surface area contributed by atoms with Gasteiger partial charge in [0, 0.05) is 38.3 Å². The normalized spacial score (nSPS) is 17.3. The number of nitrogens with zero attached hydrogens (tertiary/aromatic N) is 3. The van der Waals surface area contributed by atoms with Gasteiger partial charge in [-0.25, -0.2) is 8.42 Å². The number of aryl methyl sites for hydroxylation is 1. The summed E-state index contributed by atoms with van der Waals surface area (Å²) in [6, 6.07) is 5.07. The zero-order valence-electron chi connectivity index (χ0n) is 12.7. The topological polar surface area (TPSA) is 84.3 Å². The lowest BCUT2D eigenvalue weighted by molar-refractivity contribution is -0.120. The number of thiophene rings is 1.